The van der Waals surface area contributed by atoms with Gasteiger partial charge in [0.1, 0.15) is 5.75 Å². The average Bonchev–Trinajstić information content (AvgIpc) is 2.87. The SMILES string of the molecule is COc1ccc(-c2c3ccccc3c(-c3cc4ccccc4[nH]c3=O)c3ccccc23)cc1. The molecule has 3 heteroatoms. The third-order valence-electron chi connectivity index (χ3n) is 6.33. The Kier molecular flexibility index (Phi) is 4.48. The van der Waals surface area contributed by atoms with Gasteiger partial charge in [0.2, 0.25) is 0 Å². The molecule has 5 aromatic carbocycles. The van der Waals surface area contributed by atoms with Crippen LogP contribution in [-0.2, 0) is 0 Å². The molecule has 0 spiro atoms. The molecule has 0 atom stereocenters. The molecule has 0 amide bonds. The zero-order valence-corrected chi connectivity index (χ0v) is 18.1. The van der Waals surface area contributed by atoms with Gasteiger partial charge in [0.05, 0.1) is 7.11 Å². The number of hydrogen-bond acceptors (Lipinski definition) is 2. The minimum Gasteiger partial charge on any atom is -0.497 e. The molecule has 158 valence electrons. The predicted octanol–water partition coefficient (Wildman–Crippen LogP) is 7.18. The van der Waals surface area contributed by atoms with Gasteiger partial charge in [-0.1, -0.05) is 78.9 Å². The maximum atomic E-state index is 13.3. The molecule has 1 aromatic heterocycles. The Bertz CT molecular complexity index is 1660. The number of aromatic amines is 1. The van der Waals surface area contributed by atoms with Crippen molar-refractivity contribution in [3.05, 3.63) is 113 Å². The Labute approximate surface area is 190 Å². The van der Waals surface area contributed by atoms with Crippen LogP contribution in [-0.4, -0.2) is 12.1 Å². The highest BCUT2D eigenvalue weighted by Gasteiger charge is 2.18. The van der Waals surface area contributed by atoms with Gasteiger partial charge in [-0.2, -0.15) is 0 Å². The lowest BCUT2D eigenvalue weighted by molar-refractivity contribution is 0.415. The first kappa shape index (κ1) is 19.3. The van der Waals surface area contributed by atoms with E-state index in [1.165, 1.54) is 0 Å². The van der Waals surface area contributed by atoms with E-state index >= 15 is 0 Å². The van der Waals surface area contributed by atoms with E-state index < -0.39 is 0 Å². The first-order valence-electron chi connectivity index (χ1n) is 10.9. The lowest BCUT2D eigenvalue weighted by Gasteiger charge is -2.17. The van der Waals surface area contributed by atoms with Crippen molar-refractivity contribution in [3.8, 4) is 28.0 Å². The largest absolute Gasteiger partial charge is 0.497 e. The van der Waals surface area contributed by atoms with Gasteiger partial charge in [0.25, 0.3) is 5.56 Å². The summed E-state index contributed by atoms with van der Waals surface area (Å²) in [5.41, 5.74) is 4.68. The van der Waals surface area contributed by atoms with Crippen LogP contribution in [0.4, 0.5) is 0 Å². The molecule has 0 aliphatic heterocycles. The predicted molar refractivity (Wildman–Crippen MR) is 137 cm³/mol. The van der Waals surface area contributed by atoms with Gasteiger partial charge >= 0.3 is 0 Å². The van der Waals surface area contributed by atoms with Gasteiger partial charge in [-0.25, -0.2) is 0 Å². The molecule has 0 unspecified atom stereocenters. The second-order valence-electron chi connectivity index (χ2n) is 8.17. The van der Waals surface area contributed by atoms with Crippen molar-refractivity contribution in [3.63, 3.8) is 0 Å². The third-order valence-corrected chi connectivity index (χ3v) is 6.33. The smallest absolute Gasteiger partial charge is 0.256 e. The Balaban J connectivity index is 1.77. The third kappa shape index (κ3) is 3.09. The molecule has 0 saturated carbocycles. The summed E-state index contributed by atoms with van der Waals surface area (Å²) in [4.78, 5) is 16.4. The van der Waals surface area contributed by atoms with E-state index in [0.717, 1.165) is 54.9 Å². The average molecular weight is 428 g/mol. The number of pyridine rings is 1. The van der Waals surface area contributed by atoms with Gasteiger partial charge in [0.15, 0.2) is 0 Å². The summed E-state index contributed by atoms with van der Waals surface area (Å²) in [7, 11) is 1.68. The number of aromatic nitrogens is 1. The number of fused-ring (bicyclic) bond motifs is 3. The van der Waals surface area contributed by atoms with Crippen LogP contribution in [0.5, 0.6) is 5.75 Å². The Morgan fingerprint density at radius 3 is 1.79 bits per heavy atom. The van der Waals surface area contributed by atoms with E-state index in [0.29, 0.717) is 5.56 Å². The van der Waals surface area contributed by atoms with E-state index in [1.807, 2.05) is 54.6 Å². The molecule has 0 fully saturated rings. The summed E-state index contributed by atoms with van der Waals surface area (Å²) in [6.07, 6.45) is 0. The van der Waals surface area contributed by atoms with Gasteiger partial charge in [-0.05, 0) is 62.3 Å². The second kappa shape index (κ2) is 7.64. The Morgan fingerprint density at radius 1 is 0.636 bits per heavy atom. The molecule has 33 heavy (non-hydrogen) atoms. The number of para-hydroxylation sites is 1. The molecule has 3 nitrogen and oxygen atoms in total. The summed E-state index contributed by atoms with van der Waals surface area (Å²) in [6.45, 7) is 0. The van der Waals surface area contributed by atoms with Crippen LogP contribution in [0.2, 0.25) is 0 Å². The van der Waals surface area contributed by atoms with Crippen LogP contribution in [0.1, 0.15) is 0 Å². The topological polar surface area (TPSA) is 42.1 Å². The molecular weight excluding hydrogens is 406 g/mol. The van der Waals surface area contributed by atoms with Gasteiger partial charge in [0, 0.05) is 16.6 Å². The molecule has 0 aliphatic rings. The normalized spacial score (nSPS) is 11.3. The zero-order chi connectivity index (χ0) is 22.4. The quantitative estimate of drug-likeness (QED) is 0.304. The fraction of sp³-hybridized carbons (Fsp3) is 0.0333. The van der Waals surface area contributed by atoms with Crippen molar-refractivity contribution in [2.24, 2.45) is 0 Å². The van der Waals surface area contributed by atoms with E-state index in [9.17, 15) is 4.79 Å². The molecule has 0 aliphatic carbocycles. The van der Waals surface area contributed by atoms with Crippen molar-refractivity contribution < 1.29 is 4.74 Å². The zero-order valence-electron chi connectivity index (χ0n) is 18.1. The van der Waals surface area contributed by atoms with Crippen LogP contribution < -0.4 is 10.3 Å². The van der Waals surface area contributed by atoms with Gasteiger partial charge in [-0.15, -0.1) is 0 Å². The highest BCUT2D eigenvalue weighted by atomic mass is 16.5. The fourth-order valence-corrected chi connectivity index (χ4v) is 4.82. The first-order chi connectivity index (χ1) is 16.2. The Hall–Kier alpha value is -4.37. The Morgan fingerprint density at radius 2 is 1.18 bits per heavy atom. The summed E-state index contributed by atoms with van der Waals surface area (Å²) < 4.78 is 5.37. The van der Waals surface area contributed by atoms with Gasteiger partial charge in [-0.3, -0.25) is 4.79 Å². The molecule has 0 radical (unpaired) electrons. The standard InChI is InChI=1S/C30H21NO2/c1-33-21-16-14-19(15-17-21)28-22-9-3-5-11-24(22)29(25-12-6-4-10-23(25)28)26-18-20-8-2-7-13-27(20)31-30(26)32/h2-18H,1H3,(H,31,32). The maximum Gasteiger partial charge on any atom is 0.256 e. The number of hydrogen-bond donors (Lipinski definition) is 1. The molecule has 0 bridgehead atoms. The van der Waals surface area contributed by atoms with Crippen molar-refractivity contribution in [2.45, 2.75) is 0 Å². The van der Waals surface area contributed by atoms with Crippen LogP contribution in [0.15, 0.2) is 108 Å². The maximum absolute atomic E-state index is 13.3. The first-order valence-corrected chi connectivity index (χ1v) is 10.9. The highest BCUT2D eigenvalue weighted by Crippen LogP contribution is 2.43. The minimum atomic E-state index is -0.0822. The second-order valence-corrected chi connectivity index (χ2v) is 8.17. The number of rotatable bonds is 3. The van der Waals surface area contributed by atoms with E-state index in [4.69, 9.17) is 4.74 Å². The summed E-state index contributed by atoms with van der Waals surface area (Å²) in [5, 5.41) is 5.36. The monoisotopic (exact) mass is 427 g/mol. The van der Waals surface area contributed by atoms with Crippen molar-refractivity contribution in [2.75, 3.05) is 7.11 Å². The molecular formula is C30H21NO2. The van der Waals surface area contributed by atoms with E-state index in [-0.39, 0.29) is 5.56 Å². The number of ether oxygens (including phenoxy) is 1. The summed E-state index contributed by atoms with van der Waals surface area (Å²) in [5.74, 6) is 0.826. The van der Waals surface area contributed by atoms with Gasteiger partial charge < -0.3 is 9.72 Å². The summed E-state index contributed by atoms with van der Waals surface area (Å²) in [6, 6.07) is 34.7. The van der Waals surface area contributed by atoms with E-state index in [2.05, 4.69) is 53.5 Å². The van der Waals surface area contributed by atoms with Crippen LogP contribution in [0.25, 0.3) is 54.7 Å². The highest BCUT2D eigenvalue weighted by molar-refractivity contribution is 6.21. The lowest BCUT2D eigenvalue weighted by Crippen LogP contribution is -2.09. The van der Waals surface area contributed by atoms with Crippen LogP contribution in [0, 0.1) is 0 Å². The minimum absolute atomic E-state index is 0.0822. The van der Waals surface area contributed by atoms with Crippen molar-refractivity contribution in [1.82, 2.24) is 4.98 Å². The number of nitrogens with one attached hydrogen (secondary N) is 1. The van der Waals surface area contributed by atoms with Crippen molar-refractivity contribution in [1.29, 1.82) is 0 Å². The molecule has 6 aromatic rings. The number of methoxy groups -OCH3 is 1. The number of benzene rings is 5. The molecule has 6 rings (SSSR count). The van der Waals surface area contributed by atoms with Crippen LogP contribution in [0.3, 0.4) is 0 Å². The molecule has 1 heterocycles. The van der Waals surface area contributed by atoms with Crippen LogP contribution >= 0.6 is 0 Å². The van der Waals surface area contributed by atoms with Crippen molar-refractivity contribution >= 4 is 32.4 Å². The molecule has 0 saturated heterocycles. The lowest BCUT2D eigenvalue weighted by atomic mass is 9.86. The number of H-pyrrole nitrogens is 1. The summed E-state index contributed by atoms with van der Waals surface area (Å²) >= 11 is 0. The van der Waals surface area contributed by atoms with E-state index in [1.54, 1.807) is 7.11 Å². The molecule has 1 N–H and O–H groups in total. The fourth-order valence-electron chi connectivity index (χ4n) is 4.82.